The SMILES string of the molecule is CCN(CC(C)(C)O)C(=O)c1ccc(-n2cnnn2)cc1. The van der Waals surface area contributed by atoms with E-state index < -0.39 is 5.60 Å². The third kappa shape index (κ3) is 3.85. The van der Waals surface area contributed by atoms with Crippen LogP contribution in [0.5, 0.6) is 0 Å². The summed E-state index contributed by atoms with van der Waals surface area (Å²) in [7, 11) is 0. The standard InChI is InChI=1S/C14H19N5O2/c1-4-18(9-14(2,3)21)13(20)11-5-7-12(8-6-11)19-10-15-16-17-19/h5-8,10,21H,4,9H2,1-3H3. The Morgan fingerprint density at radius 1 is 1.33 bits per heavy atom. The first-order valence-electron chi connectivity index (χ1n) is 6.76. The average Bonchev–Trinajstić information content (AvgIpc) is 2.97. The predicted octanol–water partition coefficient (Wildman–Crippen LogP) is 0.895. The first-order chi connectivity index (χ1) is 9.90. The summed E-state index contributed by atoms with van der Waals surface area (Å²) in [4.78, 5) is 14.0. The number of tetrazole rings is 1. The van der Waals surface area contributed by atoms with Gasteiger partial charge in [-0.15, -0.1) is 5.10 Å². The topological polar surface area (TPSA) is 84.1 Å². The Balaban J connectivity index is 2.15. The molecule has 0 spiro atoms. The lowest BCUT2D eigenvalue weighted by Crippen LogP contribution is -2.42. The number of benzene rings is 1. The summed E-state index contributed by atoms with van der Waals surface area (Å²) in [6.45, 7) is 6.08. The van der Waals surface area contributed by atoms with Gasteiger partial charge in [-0.05, 0) is 55.5 Å². The second kappa shape index (κ2) is 6.01. The number of hydrogen-bond donors (Lipinski definition) is 1. The van der Waals surface area contributed by atoms with E-state index in [1.165, 1.54) is 11.0 Å². The van der Waals surface area contributed by atoms with E-state index in [1.807, 2.05) is 6.92 Å². The van der Waals surface area contributed by atoms with Gasteiger partial charge < -0.3 is 10.0 Å². The zero-order valence-electron chi connectivity index (χ0n) is 12.4. The molecule has 0 saturated heterocycles. The Morgan fingerprint density at radius 3 is 2.48 bits per heavy atom. The zero-order valence-corrected chi connectivity index (χ0v) is 12.4. The first kappa shape index (κ1) is 15.1. The van der Waals surface area contributed by atoms with Crippen LogP contribution in [0.25, 0.3) is 5.69 Å². The number of hydrogen-bond acceptors (Lipinski definition) is 5. The van der Waals surface area contributed by atoms with Crippen LogP contribution in [0.3, 0.4) is 0 Å². The molecule has 2 aromatic rings. The molecule has 1 aromatic carbocycles. The van der Waals surface area contributed by atoms with Gasteiger partial charge >= 0.3 is 0 Å². The highest BCUT2D eigenvalue weighted by Crippen LogP contribution is 2.12. The van der Waals surface area contributed by atoms with E-state index in [9.17, 15) is 9.90 Å². The van der Waals surface area contributed by atoms with E-state index in [2.05, 4.69) is 15.5 Å². The van der Waals surface area contributed by atoms with Crippen molar-refractivity contribution in [3.8, 4) is 5.69 Å². The minimum Gasteiger partial charge on any atom is -0.389 e. The van der Waals surface area contributed by atoms with Crippen LogP contribution in [0.4, 0.5) is 0 Å². The summed E-state index contributed by atoms with van der Waals surface area (Å²) in [6, 6.07) is 7.02. The van der Waals surface area contributed by atoms with E-state index in [0.29, 0.717) is 12.1 Å². The summed E-state index contributed by atoms with van der Waals surface area (Å²) in [5, 5.41) is 20.8. The van der Waals surface area contributed by atoms with Crippen molar-refractivity contribution in [3.63, 3.8) is 0 Å². The van der Waals surface area contributed by atoms with Crippen molar-refractivity contribution in [2.75, 3.05) is 13.1 Å². The Hall–Kier alpha value is -2.28. The van der Waals surface area contributed by atoms with Gasteiger partial charge in [-0.1, -0.05) is 0 Å². The van der Waals surface area contributed by atoms with Gasteiger partial charge in [-0.3, -0.25) is 4.79 Å². The fraction of sp³-hybridized carbons (Fsp3) is 0.429. The number of carbonyl (C=O) groups is 1. The summed E-state index contributed by atoms with van der Waals surface area (Å²) in [5.74, 6) is -0.108. The van der Waals surface area contributed by atoms with Crippen LogP contribution in [0.1, 0.15) is 31.1 Å². The molecular weight excluding hydrogens is 270 g/mol. The highest BCUT2D eigenvalue weighted by atomic mass is 16.3. The van der Waals surface area contributed by atoms with Crippen molar-refractivity contribution in [2.24, 2.45) is 0 Å². The molecule has 112 valence electrons. The molecular formula is C14H19N5O2. The van der Waals surface area contributed by atoms with E-state index in [-0.39, 0.29) is 12.5 Å². The molecule has 0 bridgehead atoms. The molecule has 1 N–H and O–H groups in total. The number of carbonyl (C=O) groups excluding carboxylic acids is 1. The van der Waals surface area contributed by atoms with Crippen LogP contribution in [-0.2, 0) is 0 Å². The van der Waals surface area contributed by atoms with Crippen molar-refractivity contribution in [2.45, 2.75) is 26.4 Å². The second-order valence-corrected chi connectivity index (χ2v) is 5.43. The molecule has 7 heteroatoms. The van der Waals surface area contributed by atoms with Crippen LogP contribution < -0.4 is 0 Å². The summed E-state index contributed by atoms with van der Waals surface area (Å²) < 4.78 is 1.52. The van der Waals surface area contributed by atoms with Gasteiger partial charge in [0.25, 0.3) is 5.91 Å². The number of aliphatic hydroxyl groups is 1. The molecule has 7 nitrogen and oxygen atoms in total. The molecule has 0 unspecified atom stereocenters. The third-order valence-corrected chi connectivity index (χ3v) is 2.97. The van der Waals surface area contributed by atoms with Gasteiger partial charge in [-0.2, -0.15) is 0 Å². The maximum atomic E-state index is 12.4. The number of aromatic nitrogens is 4. The van der Waals surface area contributed by atoms with Crippen LogP contribution in [-0.4, -0.2) is 54.8 Å². The van der Waals surface area contributed by atoms with Gasteiger partial charge in [0.15, 0.2) is 0 Å². The van der Waals surface area contributed by atoms with E-state index >= 15 is 0 Å². The molecule has 0 aliphatic heterocycles. The number of rotatable bonds is 5. The predicted molar refractivity (Wildman–Crippen MR) is 77.0 cm³/mol. The summed E-state index contributed by atoms with van der Waals surface area (Å²) >= 11 is 0. The monoisotopic (exact) mass is 289 g/mol. The molecule has 0 saturated carbocycles. The van der Waals surface area contributed by atoms with Gasteiger partial charge in [0.2, 0.25) is 0 Å². The maximum absolute atomic E-state index is 12.4. The van der Waals surface area contributed by atoms with Crippen molar-refractivity contribution in [3.05, 3.63) is 36.2 Å². The minimum atomic E-state index is -0.919. The molecule has 0 fully saturated rings. The molecule has 0 aliphatic rings. The third-order valence-electron chi connectivity index (χ3n) is 2.97. The van der Waals surface area contributed by atoms with Gasteiger partial charge in [-0.25, -0.2) is 4.68 Å². The van der Waals surface area contributed by atoms with Crippen LogP contribution >= 0.6 is 0 Å². The lowest BCUT2D eigenvalue weighted by atomic mass is 10.1. The highest BCUT2D eigenvalue weighted by molar-refractivity contribution is 5.94. The molecule has 21 heavy (non-hydrogen) atoms. The van der Waals surface area contributed by atoms with Crippen molar-refractivity contribution < 1.29 is 9.90 Å². The Bertz CT molecular complexity index is 587. The van der Waals surface area contributed by atoms with Gasteiger partial charge in [0.05, 0.1) is 11.3 Å². The van der Waals surface area contributed by atoms with Gasteiger partial charge in [0.1, 0.15) is 6.33 Å². The molecule has 0 atom stereocenters. The number of nitrogens with zero attached hydrogens (tertiary/aromatic N) is 5. The van der Waals surface area contributed by atoms with Crippen molar-refractivity contribution in [1.29, 1.82) is 0 Å². The lowest BCUT2D eigenvalue weighted by molar-refractivity contribution is 0.0314. The van der Waals surface area contributed by atoms with E-state index in [4.69, 9.17) is 0 Å². The van der Waals surface area contributed by atoms with Crippen LogP contribution in [0.15, 0.2) is 30.6 Å². The van der Waals surface area contributed by atoms with Crippen molar-refractivity contribution >= 4 is 5.91 Å². The molecule has 1 aromatic heterocycles. The van der Waals surface area contributed by atoms with Crippen LogP contribution in [0, 0.1) is 0 Å². The molecule has 0 radical (unpaired) electrons. The van der Waals surface area contributed by atoms with E-state index in [1.54, 1.807) is 43.0 Å². The Kier molecular flexibility index (Phi) is 4.32. The molecule has 0 aliphatic carbocycles. The Labute approximate surface area is 123 Å². The lowest BCUT2D eigenvalue weighted by Gasteiger charge is -2.28. The maximum Gasteiger partial charge on any atom is 0.253 e. The molecule has 1 heterocycles. The Morgan fingerprint density at radius 2 is 2.00 bits per heavy atom. The highest BCUT2D eigenvalue weighted by Gasteiger charge is 2.22. The molecule has 1 amide bonds. The van der Waals surface area contributed by atoms with Crippen molar-refractivity contribution in [1.82, 2.24) is 25.1 Å². The summed E-state index contributed by atoms with van der Waals surface area (Å²) in [5.41, 5.74) is 0.429. The average molecular weight is 289 g/mol. The second-order valence-electron chi connectivity index (χ2n) is 5.43. The smallest absolute Gasteiger partial charge is 0.253 e. The fourth-order valence-electron chi connectivity index (χ4n) is 2.01. The summed E-state index contributed by atoms with van der Waals surface area (Å²) in [6.07, 6.45) is 1.49. The van der Waals surface area contributed by atoms with Gasteiger partial charge in [0, 0.05) is 18.7 Å². The minimum absolute atomic E-state index is 0.108. The fourth-order valence-corrected chi connectivity index (χ4v) is 2.01. The zero-order chi connectivity index (χ0) is 15.5. The first-order valence-corrected chi connectivity index (χ1v) is 6.76. The van der Waals surface area contributed by atoms with E-state index in [0.717, 1.165) is 5.69 Å². The normalized spacial score (nSPS) is 11.4. The molecule has 2 rings (SSSR count). The quantitative estimate of drug-likeness (QED) is 0.884. The number of amides is 1. The largest absolute Gasteiger partial charge is 0.389 e. The number of likely N-dealkylation sites (N-methyl/N-ethyl adjacent to an activating group) is 1. The van der Waals surface area contributed by atoms with Crippen LogP contribution in [0.2, 0.25) is 0 Å².